The number of ether oxygens (including phenoxy) is 1. The second-order valence-corrected chi connectivity index (χ2v) is 5.58. The van der Waals surface area contributed by atoms with Crippen molar-refractivity contribution in [1.82, 2.24) is 10.6 Å². The standard InChI is InChI=1S/C14H17BrN2O2S/c1-4-7-16-14(20)17-13(18)11-8-10(15)5-6-12(11)19-9(2)3/h4-6,8-9H,1,7H2,2-3H3,(H2,16,17,18,20). The summed E-state index contributed by atoms with van der Waals surface area (Å²) in [6.07, 6.45) is 1.64. The molecule has 1 aromatic carbocycles. The molecule has 0 fully saturated rings. The average molecular weight is 357 g/mol. The van der Waals surface area contributed by atoms with Crippen molar-refractivity contribution in [3.05, 3.63) is 40.9 Å². The number of amides is 1. The summed E-state index contributed by atoms with van der Waals surface area (Å²) >= 11 is 8.36. The van der Waals surface area contributed by atoms with Gasteiger partial charge in [0, 0.05) is 11.0 Å². The molecule has 0 aliphatic heterocycles. The maximum absolute atomic E-state index is 12.2. The fraction of sp³-hybridized carbons (Fsp3) is 0.286. The molecule has 2 N–H and O–H groups in total. The number of benzene rings is 1. The number of rotatable bonds is 5. The summed E-state index contributed by atoms with van der Waals surface area (Å²) in [6, 6.07) is 5.27. The van der Waals surface area contributed by atoms with Gasteiger partial charge in [0.05, 0.1) is 11.7 Å². The minimum Gasteiger partial charge on any atom is -0.490 e. The third-order valence-electron chi connectivity index (χ3n) is 2.18. The van der Waals surface area contributed by atoms with Crippen molar-refractivity contribution in [1.29, 1.82) is 0 Å². The van der Waals surface area contributed by atoms with Crippen molar-refractivity contribution in [2.24, 2.45) is 0 Å². The van der Waals surface area contributed by atoms with Gasteiger partial charge in [-0.1, -0.05) is 22.0 Å². The first-order chi connectivity index (χ1) is 9.43. The highest BCUT2D eigenvalue weighted by Gasteiger charge is 2.15. The smallest absolute Gasteiger partial charge is 0.261 e. The number of thiocarbonyl (C=S) groups is 1. The van der Waals surface area contributed by atoms with Crippen LogP contribution in [0.3, 0.4) is 0 Å². The SMILES string of the molecule is C=CCNC(=S)NC(=O)c1cc(Br)ccc1OC(C)C. The minimum absolute atomic E-state index is 0.0198. The number of carbonyl (C=O) groups excluding carboxylic acids is 1. The molecule has 0 aliphatic rings. The third kappa shape index (κ3) is 5.30. The lowest BCUT2D eigenvalue weighted by atomic mass is 10.2. The molecule has 1 rings (SSSR count). The van der Waals surface area contributed by atoms with Crippen LogP contribution >= 0.6 is 28.1 Å². The van der Waals surface area contributed by atoms with E-state index in [2.05, 4.69) is 33.1 Å². The first kappa shape index (κ1) is 16.7. The molecule has 1 aromatic rings. The third-order valence-corrected chi connectivity index (χ3v) is 2.92. The summed E-state index contributed by atoms with van der Waals surface area (Å²) < 4.78 is 6.42. The van der Waals surface area contributed by atoms with E-state index in [1.54, 1.807) is 18.2 Å². The summed E-state index contributed by atoms with van der Waals surface area (Å²) in [5, 5.41) is 5.70. The summed E-state index contributed by atoms with van der Waals surface area (Å²) in [6.45, 7) is 7.87. The molecule has 108 valence electrons. The van der Waals surface area contributed by atoms with Crippen molar-refractivity contribution >= 4 is 39.2 Å². The Labute approximate surface area is 132 Å². The van der Waals surface area contributed by atoms with Gasteiger partial charge in [-0.15, -0.1) is 6.58 Å². The molecule has 0 aromatic heterocycles. The maximum atomic E-state index is 12.2. The predicted octanol–water partition coefficient (Wildman–Crippen LogP) is 3.03. The monoisotopic (exact) mass is 356 g/mol. The topological polar surface area (TPSA) is 50.4 Å². The van der Waals surface area contributed by atoms with Gasteiger partial charge in [0.15, 0.2) is 5.11 Å². The number of carbonyl (C=O) groups is 1. The van der Waals surface area contributed by atoms with E-state index in [1.165, 1.54) is 0 Å². The molecule has 1 amide bonds. The summed E-state index contributed by atoms with van der Waals surface area (Å²) in [7, 11) is 0. The van der Waals surface area contributed by atoms with Crippen LogP contribution in [0.2, 0.25) is 0 Å². The first-order valence-corrected chi connectivity index (χ1v) is 7.30. The van der Waals surface area contributed by atoms with Gasteiger partial charge in [0.25, 0.3) is 5.91 Å². The van der Waals surface area contributed by atoms with Crippen LogP contribution in [0.1, 0.15) is 24.2 Å². The Morgan fingerprint density at radius 2 is 2.25 bits per heavy atom. The van der Waals surface area contributed by atoms with Gasteiger partial charge in [-0.3, -0.25) is 10.1 Å². The predicted molar refractivity (Wildman–Crippen MR) is 88.2 cm³/mol. The molecule has 0 unspecified atom stereocenters. The molecule has 0 heterocycles. The summed E-state index contributed by atoms with van der Waals surface area (Å²) in [4.78, 5) is 12.2. The van der Waals surface area contributed by atoms with E-state index in [0.717, 1.165) is 4.47 Å². The number of halogens is 1. The van der Waals surface area contributed by atoms with E-state index in [4.69, 9.17) is 17.0 Å². The molecular weight excluding hydrogens is 340 g/mol. The summed E-state index contributed by atoms with van der Waals surface area (Å²) in [5.74, 6) is 0.204. The van der Waals surface area contributed by atoms with Gasteiger partial charge in [-0.05, 0) is 44.3 Å². The van der Waals surface area contributed by atoms with Crippen molar-refractivity contribution in [3.8, 4) is 5.75 Å². The molecule has 0 saturated heterocycles. The van der Waals surface area contributed by atoms with Crippen LogP contribution < -0.4 is 15.4 Å². The van der Waals surface area contributed by atoms with Gasteiger partial charge < -0.3 is 10.1 Å². The summed E-state index contributed by atoms with van der Waals surface area (Å²) in [5.41, 5.74) is 0.427. The van der Waals surface area contributed by atoms with Gasteiger partial charge in [0.2, 0.25) is 0 Å². The highest BCUT2D eigenvalue weighted by molar-refractivity contribution is 9.10. The average Bonchev–Trinajstić information content (AvgIpc) is 2.37. The normalized spacial score (nSPS) is 10.0. The molecule has 4 nitrogen and oxygen atoms in total. The van der Waals surface area contributed by atoms with Crippen LogP contribution in [-0.2, 0) is 0 Å². The van der Waals surface area contributed by atoms with Crippen LogP contribution in [0.25, 0.3) is 0 Å². The zero-order valence-corrected chi connectivity index (χ0v) is 13.8. The second kappa shape index (κ2) is 8.01. The van der Waals surface area contributed by atoms with Crippen LogP contribution in [0.5, 0.6) is 5.75 Å². The second-order valence-electron chi connectivity index (χ2n) is 4.26. The Balaban J connectivity index is 2.87. The van der Waals surface area contributed by atoms with Crippen molar-refractivity contribution < 1.29 is 9.53 Å². The molecule has 0 radical (unpaired) electrons. The van der Waals surface area contributed by atoms with Crippen LogP contribution in [0.15, 0.2) is 35.3 Å². The molecule has 0 atom stereocenters. The van der Waals surface area contributed by atoms with Gasteiger partial charge >= 0.3 is 0 Å². The number of hydrogen-bond acceptors (Lipinski definition) is 3. The van der Waals surface area contributed by atoms with Crippen molar-refractivity contribution in [3.63, 3.8) is 0 Å². The molecule has 20 heavy (non-hydrogen) atoms. The van der Waals surface area contributed by atoms with Crippen LogP contribution in [-0.4, -0.2) is 23.7 Å². The van der Waals surface area contributed by atoms with E-state index < -0.39 is 0 Å². The first-order valence-electron chi connectivity index (χ1n) is 6.10. The van der Waals surface area contributed by atoms with Gasteiger partial charge in [0.1, 0.15) is 5.75 Å². The molecule has 0 saturated carbocycles. The van der Waals surface area contributed by atoms with E-state index in [-0.39, 0.29) is 17.1 Å². The van der Waals surface area contributed by atoms with Gasteiger partial charge in [-0.2, -0.15) is 0 Å². The zero-order chi connectivity index (χ0) is 15.1. The van der Waals surface area contributed by atoms with Gasteiger partial charge in [-0.25, -0.2) is 0 Å². The molecule has 6 heteroatoms. The largest absolute Gasteiger partial charge is 0.490 e. The zero-order valence-electron chi connectivity index (χ0n) is 11.4. The molecule has 0 bridgehead atoms. The number of hydrogen-bond donors (Lipinski definition) is 2. The molecular formula is C14H17BrN2O2S. The van der Waals surface area contributed by atoms with E-state index in [0.29, 0.717) is 17.9 Å². The highest BCUT2D eigenvalue weighted by Crippen LogP contribution is 2.24. The van der Waals surface area contributed by atoms with Crippen molar-refractivity contribution in [2.75, 3.05) is 6.54 Å². The van der Waals surface area contributed by atoms with Crippen LogP contribution in [0.4, 0.5) is 0 Å². The minimum atomic E-state index is -0.316. The quantitative estimate of drug-likeness (QED) is 0.628. The van der Waals surface area contributed by atoms with E-state index >= 15 is 0 Å². The highest BCUT2D eigenvalue weighted by atomic mass is 79.9. The van der Waals surface area contributed by atoms with Crippen LogP contribution in [0, 0.1) is 0 Å². The maximum Gasteiger partial charge on any atom is 0.261 e. The van der Waals surface area contributed by atoms with Crippen molar-refractivity contribution in [2.45, 2.75) is 20.0 Å². The molecule has 0 aliphatic carbocycles. The lowest BCUT2D eigenvalue weighted by Gasteiger charge is -2.15. The Morgan fingerprint density at radius 3 is 2.85 bits per heavy atom. The lowest BCUT2D eigenvalue weighted by molar-refractivity contribution is 0.0971. The number of nitrogens with one attached hydrogen (secondary N) is 2. The Kier molecular flexibility index (Phi) is 6.67. The Bertz CT molecular complexity index is 518. The molecule has 0 spiro atoms. The van der Waals surface area contributed by atoms with E-state index in [1.807, 2.05) is 19.9 Å². The lowest BCUT2D eigenvalue weighted by Crippen LogP contribution is -2.39. The fourth-order valence-electron chi connectivity index (χ4n) is 1.42. The fourth-order valence-corrected chi connectivity index (χ4v) is 1.95. The Hall–Kier alpha value is -1.40. The van der Waals surface area contributed by atoms with E-state index in [9.17, 15) is 4.79 Å². The Morgan fingerprint density at radius 1 is 1.55 bits per heavy atom.